The van der Waals surface area contributed by atoms with Crippen molar-refractivity contribution in [1.82, 2.24) is 0 Å². The molecule has 0 aromatic heterocycles. The van der Waals surface area contributed by atoms with Gasteiger partial charge >= 0.3 is 0 Å². The zero-order chi connectivity index (χ0) is 15.8. The third-order valence-corrected chi connectivity index (χ3v) is 8.70. The van der Waals surface area contributed by atoms with Crippen molar-refractivity contribution in [3.63, 3.8) is 0 Å². The zero-order valence-electron chi connectivity index (χ0n) is 14.6. The molecule has 0 saturated heterocycles. The van der Waals surface area contributed by atoms with Crippen LogP contribution in [0.15, 0.2) is 12.2 Å². The maximum atomic E-state index is 12.2. The first-order chi connectivity index (χ1) is 9.15. The van der Waals surface area contributed by atoms with E-state index in [0.717, 1.165) is 12.8 Å². The minimum Gasteiger partial charge on any atom is -0.407 e. The predicted octanol–water partition coefficient (Wildman–Crippen LogP) is 5.49. The van der Waals surface area contributed by atoms with Crippen LogP contribution in [0.3, 0.4) is 0 Å². The Balaban J connectivity index is 4.73. The van der Waals surface area contributed by atoms with Gasteiger partial charge in [0.1, 0.15) is 6.10 Å². The van der Waals surface area contributed by atoms with Gasteiger partial charge in [0.25, 0.3) is 0 Å². The van der Waals surface area contributed by atoms with Crippen LogP contribution in [0, 0.1) is 0 Å². The summed E-state index contributed by atoms with van der Waals surface area (Å²) in [6.45, 7) is 15.2. The van der Waals surface area contributed by atoms with E-state index in [0.29, 0.717) is 0 Å². The zero-order valence-corrected chi connectivity index (χ0v) is 15.6. The van der Waals surface area contributed by atoms with Gasteiger partial charge in [-0.2, -0.15) is 0 Å². The molecular formula is C17H34O2Si. The molecule has 118 valence electrons. The number of ketones is 1. The molecule has 0 rings (SSSR count). The first-order valence-corrected chi connectivity index (χ1v) is 10.9. The number of allylic oxidation sites excluding steroid dienone is 1. The van der Waals surface area contributed by atoms with Crippen LogP contribution < -0.4 is 0 Å². The maximum Gasteiger partial charge on any atom is 0.193 e. The highest BCUT2D eigenvalue weighted by Crippen LogP contribution is 2.38. The Kier molecular flexibility index (Phi) is 8.60. The fourth-order valence-corrected chi connectivity index (χ4v) is 3.12. The van der Waals surface area contributed by atoms with Crippen molar-refractivity contribution in [3.05, 3.63) is 12.2 Å². The van der Waals surface area contributed by atoms with Crippen LogP contribution in [0.4, 0.5) is 0 Å². The maximum absolute atomic E-state index is 12.2. The Morgan fingerprint density at radius 1 is 1.20 bits per heavy atom. The minimum atomic E-state index is -1.88. The molecule has 0 aliphatic rings. The Labute approximate surface area is 127 Å². The van der Waals surface area contributed by atoms with E-state index in [1.54, 1.807) is 6.08 Å². The average molecular weight is 299 g/mol. The summed E-state index contributed by atoms with van der Waals surface area (Å²) < 4.78 is 6.34. The summed E-state index contributed by atoms with van der Waals surface area (Å²) in [5.41, 5.74) is 0. The lowest BCUT2D eigenvalue weighted by Crippen LogP contribution is -2.45. The molecule has 0 heterocycles. The van der Waals surface area contributed by atoms with Crippen LogP contribution >= 0.6 is 0 Å². The van der Waals surface area contributed by atoms with Crippen molar-refractivity contribution < 1.29 is 9.22 Å². The Morgan fingerprint density at radius 2 is 1.80 bits per heavy atom. The molecule has 0 bridgehead atoms. The van der Waals surface area contributed by atoms with Gasteiger partial charge in [-0.3, -0.25) is 4.79 Å². The molecule has 0 aliphatic carbocycles. The van der Waals surface area contributed by atoms with Gasteiger partial charge in [-0.15, -0.1) is 0 Å². The van der Waals surface area contributed by atoms with Crippen LogP contribution in [0.1, 0.15) is 66.7 Å². The second-order valence-electron chi connectivity index (χ2n) is 7.12. The van der Waals surface area contributed by atoms with Gasteiger partial charge in [-0.25, -0.2) is 0 Å². The van der Waals surface area contributed by atoms with Gasteiger partial charge in [-0.1, -0.05) is 59.5 Å². The van der Waals surface area contributed by atoms with E-state index in [2.05, 4.69) is 40.8 Å². The Hall–Kier alpha value is -0.413. The Bertz CT molecular complexity index is 313. The second kappa shape index (κ2) is 8.78. The predicted molar refractivity (Wildman–Crippen MR) is 90.7 cm³/mol. The molecule has 3 heteroatoms. The lowest BCUT2D eigenvalue weighted by atomic mass is 10.1. The van der Waals surface area contributed by atoms with Crippen LogP contribution in [0.25, 0.3) is 0 Å². The van der Waals surface area contributed by atoms with E-state index in [1.165, 1.54) is 19.3 Å². The van der Waals surface area contributed by atoms with Crippen LogP contribution in [0.5, 0.6) is 0 Å². The molecule has 1 unspecified atom stereocenters. The third kappa shape index (κ3) is 6.85. The van der Waals surface area contributed by atoms with Gasteiger partial charge in [0.15, 0.2) is 14.1 Å². The van der Waals surface area contributed by atoms with Crippen molar-refractivity contribution >= 4 is 14.1 Å². The van der Waals surface area contributed by atoms with Gasteiger partial charge in [0.05, 0.1) is 0 Å². The average Bonchev–Trinajstić information content (AvgIpc) is 2.31. The summed E-state index contributed by atoms with van der Waals surface area (Å²) in [5, 5.41) is 0.144. The van der Waals surface area contributed by atoms with E-state index < -0.39 is 8.32 Å². The van der Waals surface area contributed by atoms with E-state index in [-0.39, 0.29) is 16.9 Å². The third-order valence-electron chi connectivity index (χ3n) is 4.21. The molecule has 0 aromatic rings. The normalized spacial score (nSPS) is 14.8. The largest absolute Gasteiger partial charge is 0.407 e. The van der Waals surface area contributed by atoms with Crippen LogP contribution in [-0.4, -0.2) is 20.2 Å². The highest BCUT2D eigenvalue weighted by molar-refractivity contribution is 6.74. The van der Waals surface area contributed by atoms with Crippen molar-refractivity contribution in [1.29, 1.82) is 0 Å². The number of hydrogen-bond donors (Lipinski definition) is 0. The molecule has 2 nitrogen and oxygen atoms in total. The summed E-state index contributed by atoms with van der Waals surface area (Å²) in [4.78, 5) is 12.2. The number of hydrogen-bond acceptors (Lipinski definition) is 2. The van der Waals surface area contributed by atoms with Crippen LogP contribution in [-0.2, 0) is 9.22 Å². The van der Waals surface area contributed by atoms with Crippen LogP contribution in [0.2, 0.25) is 18.1 Å². The van der Waals surface area contributed by atoms with E-state index in [1.807, 2.05) is 13.0 Å². The van der Waals surface area contributed by atoms with Crippen molar-refractivity contribution in [2.45, 2.75) is 91.0 Å². The SMILES string of the molecule is CC=CC(=O)C(CCCCCC)O[Si](C)(C)C(C)(C)C. The minimum absolute atomic E-state index is 0.133. The summed E-state index contributed by atoms with van der Waals surface area (Å²) in [5.74, 6) is 0.133. The lowest BCUT2D eigenvalue weighted by Gasteiger charge is -2.38. The van der Waals surface area contributed by atoms with Gasteiger partial charge < -0.3 is 4.43 Å². The lowest BCUT2D eigenvalue weighted by molar-refractivity contribution is -0.121. The topological polar surface area (TPSA) is 26.3 Å². The second-order valence-corrected chi connectivity index (χ2v) is 11.9. The Morgan fingerprint density at radius 3 is 2.25 bits per heavy atom. The van der Waals surface area contributed by atoms with Gasteiger partial charge in [0, 0.05) is 0 Å². The molecule has 20 heavy (non-hydrogen) atoms. The monoisotopic (exact) mass is 298 g/mol. The quantitative estimate of drug-likeness (QED) is 0.319. The summed E-state index contributed by atoms with van der Waals surface area (Å²) in [6.07, 6.45) is 8.82. The smallest absolute Gasteiger partial charge is 0.193 e. The molecule has 1 atom stereocenters. The summed E-state index contributed by atoms with van der Waals surface area (Å²) >= 11 is 0. The number of carbonyl (C=O) groups excluding carboxylic acids is 1. The van der Waals surface area contributed by atoms with Crippen molar-refractivity contribution in [2.75, 3.05) is 0 Å². The fourth-order valence-electron chi connectivity index (χ4n) is 1.82. The first-order valence-electron chi connectivity index (χ1n) is 8.00. The highest BCUT2D eigenvalue weighted by atomic mass is 28.4. The molecule has 0 amide bonds. The fraction of sp³-hybridized carbons (Fsp3) is 0.824. The first kappa shape index (κ1) is 19.6. The number of carbonyl (C=O) groups is 1. The number of unbranched alkanes of at least 4 members (excludes halogenated alkanes) is 3. The summed E-state index contributed by atoms with van der Waals surface area (Å²) in [7, 11) is -1.88. The molecule has 0 N–H and O–H groups in total. The molecule has 0 radical (unpaired) electrons. The highest BCUT2D eigenvalue weighted by Gasteiger charge is 2.40. The molecular weight excluding hydrogens is 264 g/mol. The summed E-state index contributed by atoms with van der Waals surface area (Å²) in [6, 6.07) is 0. The van der Waals surface area contributed by atoms with E-state index in [4.69, 9.17) is 4.43 Å². The molecule has 0 spiro atoms. The van der Waals surface area contributed by atoms with Gasteiger partial charge in [-0.05, 0) is 37.6 Å². The van der Waals surface area contributed by atoms with Gasteiger partial charge in [0.2, 0.25) is 0 Å². The standard InChI is InChI=1S/C17H34O2Si/c1-8-10-11-12-14-16(15(18)13-9-2)19-20(6,7)17(3,4)5/h9,13,16H,8,10-12,14H2,1-7H3. The molecule has 0 saturated carbocycles. The molecule has 0 aliphatic heterocycles. The molecule has 0 fully saturated rings. The van der Waals surface area contributed by atoms with Crippen molar-refractivity contribution in [2.24, 2.45) is 0 Å². The van der Waals surface area contributed by atoms with E-state index in [9.17, 15) is 4.79 Å². The van der Waals surface area contributed by atoms with E-state index >= 15 is 0 Å². The number of rotatable bonds is 9. The molecule has 0 aromatic carbocycles. The van der Waals surface area contributed by atoms with Crippen molar-refractivity contribution in [3.8, 4) is 0 Å².